The molecular weight excluding hydrogens is 356 g/mol. The van der Waals surface area contributed by atoms with Crippen LogP contribution in [0.1, 0.15) is 15.9 Å². The fourth-order valence-electron chi connectivity index (χ4n) is 2.97. The maximum absolute atomic E-state index is 12.6. The number of methoxy groups -OCH3 is 1. The van der Waals surface area contributed by atoms with Crippen molar-refractivity contribution in [2.24, 2.45) is 0 Å². The fraction of sp³-hybridized carbons (Fsp3) is 0.0909. The maximum atomic E-state index is 12.6. The van der Waals surface area contributed by atoms with Crippen molar-refractivity contribution in [2.45, 2.75) is 6.92 Å². The lowest BCUT2D eigenvalue weighted by molar-refractivity contribution is 0.102. The van der Waals surface area contributed by atoms with Crippen LogP contribution in [0.4, 0.5) is 5.69 Å². The number of carbonyl (C=O) groups is 1. The third-order valence-electron chi connectivity index (χ3n) is 4.38. The van der Waals surface area contributed by atoms with Gasteiger partial charge in [-0.05, 0) is 55.0 Å². The molecule has 0 aliphatic rings. The first-order valence-corrected chi connectivity index (χ1v) is 8.70. The highest BCUT2D eigenvalue weighted by atomic mass is 16.5. The van der Waals surface area contributed by atoms with Crippen LogP contribution in [0.15, 0.2) is 65.1 Å². The number of oxazole rings is 1. The predicted molar refractivity (Wildman–Crippen MR) is 107 cm³/mol. The summed E-state index contributed by atoms with van der Waals surface area (Å²) in [6.45, 7) is 1.97. The van der Waals surface area contributed by atoms with E-state index in [9.17, 15) is 9.90 Å². The third kappa shape index (κ3) is 3.27. The maximum Gasteiger partial charge on any atom is 0.259 e. The Labute approximate surface area is 161 Å². The number of carbonyl (C=O) groups excluding carboxylic acids is 1. The van der Waals surface area contributed by atoms with Crippen LogP contribution in [0.5, 0.6) is 11.5 Å². The minimum atomic E-state index is -0.317. The van der Waals surface area contributed by atoms with E-state index in [4.69, 9.17) is 9.15 Å². The Balaban J connectivity index is 1.67. The smallest absolute Gasteiger partial charge is 0.259 e. The van der Waals surface area contributed by atoms with Gasteiger partial charge in [-0.3, -0.25) is 4.79 Å². The second kappa shape index (κ2) is 7.08. The summed E-state index contributed by atoms with van der Waals surface area (Å²) in [5, 5.41) is 13.1. The van der Waals surface area contributed by atoms with Gasteiger partial charge in [0.15, 0.2) is 5.58 Å². The minimum Gasteiger partial charge on any atom is -0.507 e. The molecule has 0 radical (unpaired) electrons. The number of amides is 1. The van der Waals surface area contributed by atoms with Gasteiger partial charge in [-0.15, -0.1) is 0 Å². The van der Waals surface area contributed by atoms with Crippen LogP contribution in [0, 0.1) is 6.92 Å². The molecule has 0 unspecified atom stereocenters. The van der Waals surface area contributed by atoms with Crippen molar-refractivity contribution in [3.8, 4) is 23.0 Å². The number of nitrogens with one attached hydrogen (secondary N) is 1. The van der Waals surface area contributed by atoms with Crippen LogP contribution in [0.25, 0.3) is 22.6 Å². The molecule has 0 fully saturated rings. The van der Waals surface area contributed by atoms with Gasteiger partial charge in [0.05, 0.1) is 18.2 Å². The molecule has 0 atom stereocenters. The summed E-state index contributed by atoms with van der Waals surface area (Å²) < 4.78 is 11.0. The van der Waals surface area contributed by atoms with Gasteiger partial charge in [-0.25, -0.2) is 4.98 Å². The molecule has 0 saturated carbocycles. The molecule has 4 rings (SSSR count). The Hall–Kier alpha value is -3.80. The van der Waals surface area contributed by atoms with Gasteiger partial charge in [-0.1, -0.05) is 18.2 Å². The van der Waals surface area contributed by atoms with E-state index in [1.165, 1.54) is 13.2 Å². The van der Waals surface area contributed by atoms with Crippen LogP contribution >= 0.6 is 0 Å². The van der Waals surface area contributed by atoms with Gasteiger partial charge >= 0.3 is 0 Å². The van der Waals surface area contributed by atoms with Crippen molar-refractivity contribution in [3.05, 3.63) is 71.8 Å². The molecule has 0 spiro atoms. The highest BCUT2D eigenvalue weighted by Crippen LogP contribution is 2.33. The number of aromatic hydroxyl groups is 1. The lowest BCUT2D eigenvalue weighted by Crippen LogP contribution is -2.13. The quantitative estimate of drug-likeness (QED) is 0.503. The fourth-order valence-corrected chi connectivity index (χ4v) is 2.97. The van der Waals surface area contributed by atoms with E-state index in [0.717, 1.165) is 5.56 Å². The van der Waals surface area contributed by atoms with Gasteiger partial charge < -0.3 is 19.6 Å². The molecule has 6 nitrogen and oxygen atoms in total. The van der Waals surface area contributed by atoms with Crippen molar-refractivity contribution in [2.75, 3.05) is 12.4 Å². The molecule has 140 valence electrons. The number of nitrogens with zero attached hydrogens (tertiary/aromatic N) is 1. The average molecular weight is 374 g/mol. The van der Waals surface area contributed by atoms with Crippen LogP contribution in [-0.2, 0) is 0 Å². The van der Waals surface area contributed by atoms with Crippen molar-refractivity contribution < 1.29 is 19.1 Å². The Morgan fingerprint density at radius 3 is 2.75 bits per heavy atom. The summed E-state index contributed by atoms with van der Waals surface area (Å²) in [5.41, 5.74) is 3.71. The van der Waals surface area contributed by atoms with Gasteiger partial charge in [0.2, 0.25) is 5.89 Å². The number of hydrogen-bond acceptors (Lipinski definition) is 5. The van der Waals surface area contributed by atoms with Crippen LogP contribution in [-0.4, -0.2) is 23.1 Å². The molecule has 1 heterocycles. The summed E-state index contributed by atoms with van der Waals surface area (Å²) >= 11 is 0. The van der Waals surface area contributed by atoms with Crippen LogP contribution < -0.4 is 10.1 Å². The highest BCUT2D eigenvalue weighted by Gasteiger charge is 2.16. The second-order valence-electron chi connectivity index (χ2n) is 6.38. The summed E-state index contributed by atoms with van der Waals surface area (Å²) in [5.74, 6) is 0.459. The molecule has 0 saturated heterocycles. The third-order valence-corrected chi connectivity index (χ3v) is 4.38. The molecule has 0 aliphatic heterocycles. The lowest BCUT2D eigenvalue weighted by Gasteiger charge is -2.10. The Bertz CT molecular complexity index is 1180. The molecule has 1 amide bonds. The first-order chi connectivity index (χ1) is 13.5. The molecular formula is C22H18N2O4. The largest absolute Gasteiger partial charge is 0.507 e. The zero-order chi connectivity index (χ0) is 19.7. The van der Waals surface area contributed by atoms with Crippen molar-refractivity contribution in [3.63, 3.8) is 0 Å². The topological polar surface area (TPSA) is 84.6 Å². The van der Waals surface area contributed by atoms with E-state index in [-0.39, 0.29) is 17.5 Å². The highest BCUT2D eigenvalue weighted by molar-refractivity contribution is 6.06. The molecule has 2 N–H and O–H groups in total. The standard InChI is InChI=1S/C22H18N2O4/c1-13-7-10-20-17(11-13)24-22(28-20)16-12-14(8-9-18(16)25)23-21(26)15-5-3-4-6-19(15)27-2/h3-12,25H,1-2H3,(H,23,26). The number of ether oxygens (including phenoxy) is 1. The predicted octanol–water partition coefficient (Wildman–Crippen LogP) is 4.77. The number of benzene rings is 3. The van der Waals surface area contributed by atoms with Gasteiger partial charge in [0, 0.05) is 5.69 Å². The van der Waals surface area contributed by atoms with Crippen LogP contribution in [0.2, 0.25) is 0 Å². The zero-order valence-electron chi connectivity index (χ0n) is 15.4. The molecule has 28 heavy (non-hydrogen) atoms. The summed E-state index contributed by atoms with van der Waals surface area (Å²) in [4.78, 5) is 17.1. The van der Waals surface area contributed by atoms with E-state index < -0.39 is 0 Å². The summed E-state index contributed by atoms with van der Waals surface area (Å²) in [6.07, 6.45) is 0. The minimum absolute atomic E-state index is 0.0126. The zero-order valence-corrected chi connectivity index (χ0v) is 15.4. The number of para-hydroxylation sites is 1. The van der Waals surface area contributed by atoms with E-state index >= 15 is 0 Å². The number of hydrogen-bond donors (Lipinski definition) is 2. The van der Waals surface area contributed by atoms with Gasteiger partial charge in [-0.2, -0.15) is 0 Å². The molecule has 3 aromatic carbocycles. The molecule has 0 aliphatic carbocycles. The van der Waals surface area contributed by atoms with E-state index in [1.807, 2.05) is 25.1 Å². The molecule has 4 aromatic rings. The normalized spacial score (nSPS) is 10.8. The molecule has 1 aromatic heterocycles. The SMILES string of the molecule is COc1ccccc1C(=O)Nc1ccc(O)c(-c2nc3cc(C)ccc3o2)c1. The van der Waals surface area contributed by atoms with Crippen molar-refractivity contribution in [1.29, 1.82) is 0 Å². The number of phenols is 1. The van der Waals surface area contributed by atoms with Gasteiger partial charge in [0.1, 0.15) is 17.0 Å². The average Bonchev–Trinajstić information content (AvgIpc) is 3.12. The number of phenolic OH excluding ortho intramolecular Hbond substituents is 1. The Morgan fingerprint density at radius 2 is 1.93 bits per heavy atom. The van der Waals surface area contributed by atoms with Crippen molar-refractivity contribution in [1.82, 2.24) is 4.98 Å². The number of anilines is 1. The monoisotopic (exact) mass is 374 g/mol. The summed E-state index contributed by atoms with van der Waals surface area (Å²) in [6, 6.07) is 17.4. The van der Waals surface area contributed by atoms with Crippen molar-refractivity contribution >= 4 is 22.7 Å². The van der Waals surface area contributed by atoms with Crippen LogP contribution in [0.3, 0.4) is 0 Å². The lowest BCUT2D eigenvalue weighted by atomic mass is 10.1. The van der Waals surface area contributed by atoms with E-state index in [2.05, 4.69) is 10.3 Å². The number of aryl methyl sites for hydroxylation is 1. The molecule has 6 heteroatoms. The molecule has 0 bridgehead atoms. The second-order valence-corrected chi connectivity index (χ2v) is 6.38. The van der Waals surface area contributed by atoms with Gasteiger partial charge in [0.25, 0.3) is 5.91 Å². The Kier molecular flexibility index (Phi) is 4.45. The number of aromatic nitrogens is 1. The first kappa shape index (κ1) is 17.6. The Morgan fingerprint density at radius 1 is 1.11 bits per heavy atom. The first-order valence-electron chi connectivity index (χ1n) is 8.70. The number of fused-ring (bicyclic) bond motifs is 1. The van der Waals surface area contributed by atoms with E-state index in [1.54, 1.807) is 36.4 Å². The number of rotatable bonds is 4. The van der Waals surface area contributed by atoms with E-state index in [0.29, 0.717) is 33.7 Å². The summed E-state index contributed by atoms with van der Waals surface area (Å²) in [7, 11) is 1.51.